The van der Waals surface area contributed by atoms with Crippen molar-refractivity contribution in [2.24, 2.45) is 0 Å². The summed E-state index contributed by atoms with van der Waals surface area (Å²) in [6.45, 7) is 3.95. The Morgan fingerprint density at radius 1 is 1.12 bits per heavy atom. The Kier molecular flexibility index (Phi) is 7.01. The lowest BCUT2D eigenvalue weighted by Crippen LogP contribution is -2.32. The molecule has 0 saturated heterocycles. The summed E-state index contributed by atoms with van der Waals surface area (Å²) in [5.41, 5.74) is 1.09. The summed E-state index contributed by atoms with van der Waals surface area (Å²) < 4.78 is 12.9. The van der Waals surface area contributed by atoms with Crippen LogP contribution < -0.4 is 10.6 Å². The minimum atomic E-state index is -0.353. The van der Waals surface area contributed by atoms with Crippen molar-refractivity contribution in [3.05, 3.63) is 59.9 Å². The maximum atomic E-state index is 12.9. The van der Waals surface area contributed by atoms with Crippen molar-refractivity contribution in [3.63, 3.8) is 0 Å². The van der Waals surface area contributed by atoms with Gasteiger partial charge in [0.15, 0.2) is 0 Å². The first-order valence-electron chi connectivity index (χ1n) is 8.07. The number of rotatable bonds is 7. The number of thioether (sulfide) groups is 1. The van der Waals surface area contributed by atoms with Crippen molar-refractivity contribution in [2.45, 2.75) is 31.2 Å². The van der Waals surface area contributed by atoms with E-state index < -0.39 is 0 Å². The molecule has 4 nitrogen and oxygen atoms in total. The normalized spacial score (nSPS) is 11.6. The molecule has 2 amide bonds. The molecule has 0 spiro atoms. The third kappa shape index (κ3) is 5.90. The highest BCUT2D eigenvalue weighted by Gasteiger charge is 2.14. The summed E-state index contributed by atoms with van der Waals surface area (Å²) in [5.74, 6) is -0.552. The summed E-state index contributed by atoms with van der Waals surface area (Å²) in [6, 6.07) is 12.9. The van der Waals surface area contributed by atoms with E-state index in [0.717, 1.165) is 11.3 Å². The lowest BCUT2D eigenvalue weighted by Gasteiger charge is -2.14. The lowest BCUT2D eigenvalue weighted by molar-refractivity contribution is -0.113. The maximum Gasteiger partial charge on any atom is 0.252 e. The van der Waals surface area contributed by atoms with Crippen molar-refractivity contribution in [3.8, 4) is 0 Å². The first kappa shape index (κ1) is 19.0. The summed E-state index contributed by atoms with van der Waals surface area (Å²) in [7, 11) is 0. The Labute approximate surface area is 151 Å². The molecule has 1 atom stereocenters. The van der Waals surface area contributed by atoms with E-state index in [-0.39, 0.29) is 29.4 Å². The number of nitrogens with one attached hydrogen (secondary N) is 2. The fourth-order valence-electron chi connectivity index (χ4n) is 2.06. The number of benzene rings is 2. The molecule has 0 fully saturated rings. The molecule has 0 aliphatic carbocycles. The Bertz CT molecular complexity index is 734. The number of carbonyl (C=O) groups excluding carboxylic acids is 2. The molecule has 0 saturated carbocycles. The lowest BCUT2D eigenvalue weighted by atomic mass is 10.2. The zero-order valence-electron chi connectivity index (χ0n) is 14.2. The fraction of sp³-hybridized carbons (Fsp3) is 0.263. The van der Waals surface area contributed by atoms with E-state index in [2.05, 4.69) is 10.6 Å². The largest absolute Gasteiger partial charge is 0.350 e. The Balaban J connectivity index is 1.97. The molecule has 6 heteroatoms. The maximum absolute atomic E-state index is 12.9. The molecule has 2 rings (SSSR count). The van der Waals surface area contributed by atoms with Crippen LogP contribution in [-0.2, 0) is 4.79 Å². The van der Waals surface area contributed by atoms with Crippen LogP contribution in [0, 0.1) is 5.82 Å². The second-order valence-corrected chi connectivity index (χ2v) is 6.64. The van der Waals surface area contributed by atoms with Gasteiger partial charge in [-0.3, -0.25) is 9.59 Å². The zero-order chi connectivity index (χ0) is 18.2. The quantitative estimate of drug-likeness (QED) is 0.732. The predicted molar refractivity (Wildman–Crippen MR) is 99.4 cm³/mol. The first-order chi connectivity index (χ1) is 12.0. The van der Waals surface area contributed by atoms with E-state index in [9.17, 15) is 14.0 Å². The van der Waals surface area contributed by atoms with Crippen LogP contribution in [0.5, 0.6) is 0 Å². The molecular weight excluding hydrogens is 339 g/mol. The SMILES string of the molecule is CCC(C)NC(=O)c1ccccc1SCC(=O)Nc1ccc(F)cc1. The Morgan fingerprint density at radius 2 is 1.80 bits per heavy atom. The van der Waals surface area contributed by atoms with Gasteiger partial charge in [0, 0.05) is 16.6 Å². The van der Waals surface area contributed by atoms with Crippen LogP contribution in [-0.4, -0.2) is 23.6 Å². The van der Waals surface area contributed by atoms with Crippen molar-refractivity contribution in [1.82, 2.24) is 5.32 Å². The minimum absolute atomic E-state index is 0.0901. The number of hydrogen-bond acceptors (Lipinski definition) is 3. The van der Waals surface area contributed by atoms with Gasteiger partial charge in [0.25, 0.3) is 5.91 Å². The van der Waals surface area contributed by atoms with Crippen LogP contribution in [0.4, 0.5) is 10.1 Å². The minimum Gasteiger partial charge on any atom is -0.350 e. The van der Waals surface area contributed by atoms with E-state index in [0.29, 0.717) is 11.3 Å². The molecule has 0 aliphatic heterocycles. The summed E-state index contributed by atoms with van der Waals surface area (Å²) in [4.78, 5) is 25.1. The van der Waals surface area contributed by atoms with Crippen molar-refractivity contribution >= 4 is 29.3 Å². The van der Waals surface area contributed by atoms with E-state index in [4.69, 9.17) is 0 Å². The second kappa shape index (κ2) is 9.22. The van der Waals surface area contributed by atoms with Gasteiger partial charge in [-0.2, -0.15) is 0 Å². The highest BCUT2D eigenvalue weighted by molar-refractivity contribution is 8.00. The highest BCUT2D eigenvalue weighted by Crippen LogP contribution is 2.23. The van der Waals surface area contributed by atoms with E-state index in [1.807, 2.05) is 26.0 Å². The first-order valence-corrected chi connectivity index (χ1v) is 9.06. The van der Waals surface area contributed by atoms with Crippen LogP contribution in [0.3, 0.4) is 0 Å². The van der Waals surface area contributed by atoms with Crippen LogP contribution >= 0.6 is 11.8 Å². The predicted octanol–water partition coefficient (Wildman–Crippen LogP) is 4.08. The van der Waals surface area contributed by atoms with Gasteiger partial charge in [-0.1, -0.05) is 19.1 Å². The molecule has 0 bridgehead atoms. The van der Waals surface area contributed by atoms with Gasteiger partial charge in [-0.25, -0.2) is 4.39 Å². The molecule has 25 heavy (non-hydrogen) atoms. The van der Waals surface area contributed by atoms with Crippen molar-refractivity contribution < 1.29 is 14.0 Å². The average molecular weight is 360 g/mol. The van der Waals surface area contributed by atoms with Gasteiger partial charge >= 0.3 is 0 Å². The van der Waals surface area contributed by atoms with Crippen LogP contribution in [0.1, 0.15) is 30.6 Å². The van der Waals surface area contributed by atoms with Crippen LogP contribution in [0.15, 0.2) is 53.4 Å². The molecule has 0 heterocycles. The van der Waals surface area contributed by atoms with E-state index in [1.54, 1.807) is 12.1 Å². The van der Waals surface area contributed by atoms with Gasteiger partial charge in [-0.15, -0.1) is 11.8 Å². The summed E-state index contributed by atoms with van der Waals surface area (Å²) in [6.07, 6.45) is 0.848. The third-order valence-electron chi connectivity index (χ3n) is 3.61. The zero-order valence-corrected chi connectivity index (χ0v) is 15.0. The highest BCUT2D eigenvalue weighted by atomic mass is 32.2. The van der Waals surface area contributed by atoms with E-state index in [1.165, 1.54) is 36.0 Å². The Morgan fingerprint density at radius 3 is 2.48 bits per heavy atom. The topological polar surface area (TPSA) is 58.2 Å². The fourth-order valence-corrected chi connectivity index (χ4v) is 2.91. The summed E-state index contributed by atoms with van der Waals surface area (Å²) in [5, 5.41) is 5.63. The van der Waals surface area contributed by atoms with Crippen molar-refractivity contribution in [1.29, 1.82) is 0 Å². The van der Waals surface area contributed by atoms with Gasteiger partial charge < -0.3 is 10.6 Å². The number of anilines is 1. The van der Waals surface area contributed by atoms with Crippen molar-refractivity contribution in [2.75, 3.05) is 11.1 Å². The van der Waals surface area contributed by atoms with Gasteiger partial charge in [-0.05, 0) is 49.7 Å². The molecule has 0 radical (unpaired) electrons. The molecule has 1 unspecified atom stereocenters. The smallest absolute Gasteiger partial charge is 0.252 e. The van der Waals surface area contributed by atoms with Gasteiger partial charge in [0.2, 0.25) is 5.91 Å². The van der Waals surface area contributed by atoms with E-state index >= 15 is 0 Å². The van der Waals surface area contributed by atoms with Gasteiger partial charge in [0.1, 0.15) is 5.82 Å². The van der Waals surface area contributed by atoms with Crippen LogP contribution in [0.2, 0.25) is 0 Å². The number of carbonyl (C=O) groups is 2. The molecule has 0 aromatic heterocycles. The molecule has 2 N–H and O–H groups in total. The molecule has 132 valence electrons. The second-order valence-electron chi connectivity index (χ2n) is 5.62. The summed E-state index contributed by atoms with van der Waals surface area (Å²) >= 11 is 1.29. The average Bonchev–Trinajstić information content (AvgIpc) is 2.62. The van der Waals surface area contributed by atoms with Crippen LogP contribution in [0.25, 0.3) is 0 Å². The molecule has 2 aromatic rings. The Hall–Kier alpha value is -2.34. The number of halogens is 1. The third-order valence-corrected chi connectivity index (χ3v) is 4.68. The molecule has 0 aliphatic rings. The number of amides is 2. The monoisotopic (exact) mass is 360 g/mol. The number of hydrogen-bond donors (Lipinski definition) is 2. The molecular formula is C19H21FN2O2S. The standard InChI is InChI=1S/C19H21FN2O2S/c1-3-13(2)21-19(24)16-6-4-5-7-17(16)25-12-18(23)22-15-10-8-14(20)9-11-15/h4-11,13H,3,12H2,1-2H3,(H,21,24)(H,22,23). The molecule has 2 aromatic carbocycles. The van der Waals surface area contributed by atoms with Gasteiger partial charge in [0.05, 0.1) is 11.3 Å².